The summed E-state index contributed by atoms with van der Waals surface area (Å²) < 4.78 is 13.0. The van der Waals surface area contributed by atoms with Gasteiger partial charge in [0.05, 0.1) is 22.7 Å². The molecule has 0 N–H and O–H groups in total. The molecular formula is C23H19N3O5. The van der Waals surface area contributed by atoms with Gasteiger partial charge < -0.3 is 9.47 Å². The quantitative estimate of drug-likeness (QED) is 0.249. The molecule has 0 atom stereocenters. The molecule has 0 aliphatic heterocycles. The first-order valence-electron chi connectivity index (χ1n) is 9.63. The zero-order chi connectivity index (χ0) is 21.8. The number of hydrogen-bond acceptors (Lipinski definition) is 6. The summed E-state index contributed by atoms with van der Waals surface area (Å²) in [5, 5.41) is 17.2. The Bertz CT molecular complexity index is 1240. The van der Waals surface area contributed by atoms with Gasteiger partial charge in [-0.05, 0) is 30.5 Å². The number of aromatic nitrogens is 2. The fourth-order valence-electron chi connectivity index (χ4n) is 3.20. The highest BCUT2D eigenvalue weighted by atomic mass is 16.6. The Labute approximate surface area is 177 Å². The van der Waals surface area contributed by atoms with Crippen LogP contribution < -0.4 is 9.47 Å². The van der Waals surface area contributed by atoms with Crippen molar-refractivity contribution in [2.24, 2.45) is 0 Å². The first kappa shape index (κ1) is 20.1. The largest absolute Gasteiger partial charge is 0.491 e. The molecule has 3 aromatic carbocycles. The Morgan fingerprint density at radius 3 is 2.58 bits per heavy atom. The molecule has 156 valence electrons. The summed E-state index contributed by atoms with van der Waals surface area (Å²) in [5.74, 6) is 0.430. The number of hydrogen-bond donors (Lipinski definition) is 0. The molecule has 8 nitrogen and oxygen atoms in total. The molecule has 31 heavy (non-hydrogen) atoms. The summed E-state index contributed by atoms with van der Waals surface area (Å²) >= 11 is 0. The van der Waals surface area contributed by atoms with Crippen molar-refractivity contribution < 1.29 is 19.2 Å². The Hall–Kier alpha value is -4.20. The maximum absolute atomic E-state index is 12.4. The standard InChI is InChI=1S/C23H19N3O5/c1-16-15-22(31-23(27)18-9-11-19(12-10-18)26(28)29)25(24-16)13-14-30-21-8-4-6-17-5-2-3-7-20(17)21/h2-12,15H,13-14H2,1H3. The van der Waals surface area contributed by atoms with Crippen molar-refractivity contribution >= 4 is 22.4 Å². The Morgan fingerprint density at radius 2 is 1.81 bits per heavy atom. The van der Waals surface area contributed by atoms with Gasteiger partial charge in [0.2, 0.25) is 5.88 Å². The van der Waals surface area contributed by atoms with Crippen LogP contribution >= 0.6 is 0 Å². The molecule has 0 bridgehead atoms. The second-order valence-corrected chi connectivity index (χ2v) is 6.87. The van der Waals surface area contributed by atoms with E-state index in [1.54, 1.807) is 17.7 Å². The van der Waals surface area contributed by atoms with Crippen molar-refractivity contribution in [2.75, 3.05) is 6.61 Å². The second-order valence-electron chi connectivity index (χ2n) is 6.87. The van der Waals surface area contributed by atoms with E-state index in [9.17, 15) is 14.9 Å². The van der Waals surface area contributed by atoms with Crippen LogP contribution in [0.2, 0.25) is 0 Å². The van der Waals surface area contributed by atoms with E-state index >= 15 is 0 Å². The predicted octanol–water partition coefficient (Wildman–Crippen LogP) is 4.55. The van der Waals surface area contributed by atoms with Crippen LogP contribution in [-0.4, -0.2) is 27.3 Å². The lowest BCUT2D eigenvalue weighted by molar-refractivity contribution is -0.384. The number of nitrogens with zero attached hydrogens (tertiary/aromatic N) is 3. The van der Waals surface area contributed by atoms with E-state index in [1.165, 1.54) is 24.3 Å². The van der Waals surface area contributed by atoms with E-state index in [0.29, 0.717) is 18.8 Å². The number of nitro groups is 1. The first-order valence-corrected chi connectivity index (χ1v) is 9.63. The number of aryl methyl sites for hydroxylation is 1. The van der Waals surface area contributed by atoms with E-state index in [1.807, 2.05) is 42.5 Å². The summed E-state index contributed by atoms with van der Waals surface area (Å²) in [6.07, 6.45) is 0. The number of carbonyl (C=O) groups excluding carboxylic acids is 1. The van der Waals surface area contributed by atoms with Gasteiger partial charge in [-0.25, -0.2) is 9.48 Å². The molecule has 0 fully saturated rings. The second kappa shape index (κ2) is 8.66. The molecule has 0 aliphatic rings. The summed E-state index contributed by atoms with van der Waals surface area (Å²) in [6.45, 7) is 2.50. The predicted molar refractivity (Wildman–Crippen MR) is 114 cm³/mol. The van der Waals surface area contributed by atoms with Crippen molar-refractivity contribution in [1.29, 1.82) is 0 Å². The molecule has 1 aromatic heterocycles. The monoisotopic (exact) mass is 417 g/mol. The van der Waals surface area contributed by atoms with Crippen LogP contribution in [0.15, 0.2) is 72.8 Å². The fraction of sp³-hybridized carbons (Fsp3) is 0.130. The summed E-state index contributed by atoms with van der Waals surface area (Å²) in [6, 6.07) is 20.7. The third kappa shape index (κ3) is 4.53. The number of esters is 1. The highest BCUT2D eigenvalue weighted by molar-refractivity contribution is 5.91. The zero-order valence-electron chi connectivity index (χ0n) is 16.7. The fourth-order valence-corrected chi connectivity index (χ4v) is 3.20. The van der Waals surface area contributed by atoms with Crippen LogP contribution in [0.1, 0.15) is 16.1 Å². The third-order valence-electron chi connectivity index (χ3n) is 4.69. The zero-order valence-corrected chi connectivity index (χ0v) is 16.7. The maximum atomic E-state index is 12.4. The normalized spacial score (nSPS) is 10.7. The van der Waals surface area contributed by atoms with Crippen molar-refractivity contribution in [2.45, 2.75) is 13.5 Å². The molecule has 0 spiro atoms. The van der Waals surface area contributed by atoms with E-state index < -0.39 is 10.9 Å². The molecule has 1 heterocycles. The SMILES string of the molecule is Cc1cc(OC(=O)c2ccc([N+](=O)[O-])cc2)n(CCOc2cccc3ccccc23)n1. The summed E-state index contributed by atoms with van der Waals surface area (Å²) in [5.41, 5.74) is 0.808. The topological polar surface area (TPSA) is 96.5 Å². The summed E-state index contributed by atoms with van der Waals surface area (Å²) in [4.78, 5) is 22.7. The summed E-state index contributed by atoms with van der Waals surface area (Å²) in [7, 11) is 0. The van der Waals surface area contributed by atoms with Crippen LogP contribution in [0.25, 0.3) is 10.8 Å². The van der Waals surface area contributed by atoms with Gasteiger partial charge in [0.25, 0.3) is 5.69 Å². The lowest BCUT2D eigenvalue weighted by atomic mass is 10.1. The molecule has 0 unspecified atom stereocenters. The number of carbonyl (C=O) groups is 1. The maximum Gasteiger partial charge on any atom is 0.344 e. The number of non-ortho nitro benzene ring substituents is 1. The first-order chi connectivity index (χ1) is 15.0. The molecule has 4 aromatic rings. The third-order valence-corrected chi connectivity index (χ3v) is 4.69. The molecule has 0 amide bonds. The van der Waals surface area contributed by atoms with E-state index in [2.05, 4.69) is 5.10 Å². The van der Waals surface area contributed by atoms with Crippen molar-refractivity contribution in [3.8, 4) is 11.6 Å². The number of rotatable bonds is 7. The van der Waals surface area contributed by atoms with Gasteiger partial charge in [0, 0.05) is 23.6 Å². The van der Waals surface area contributed by atoms with Crippen LogP contribution in [0.5, 0.6) is 11.6 Å². The van der Waals surface area contributed by atoms with Gasteiger partial charge >= 0.3 is 5.97 Å². The molecular weight excluding hydrogens is 398 g/mol. The Kier molecular flexibility index (Phi) is 5.61. The smallest absolute Gasteiger partial charge is 0.344 e. The van der Waals surface area contributed by atoms with E-state index in [-0.39, 0.29) is 17.1 Å². The van der Waals surface area contributed by atoms with E-state index in [0.717, 1.165) is 16.5 Å². The van der Waals surface area contributed by atoms with Gasteiger partial charge in [-0.3, -0.25) is 10.1 Å². The van der Waals surface area contributed by atoms with Crippen LogP contribution in [0, 0.1) is 17.0 Å². The Balaban J connectivity index is 1.43. The minimum atomic E-state index is -0.619. The van der Waals surface area contributed by atoms with Gasteiger partial charge in [0.1, 0.15) is 12.4 Å². The van der Waals surface area contributed by atoms with Gasteiger partial charge in [-0.15, -0.1) is 0 Å². The van der Waals surface area contributed by atoms with Crippen molar-refractivity contribution in [3.63, 3.8) is 0 Å². The average molecular weight is 417 g/mol. The van der Waals surface area contributed by atoms with Crippen molar-refractivity contribution in [3.05, 3.63) is 94.2 Å². The molecule has 0 saturated carbocycles. The molecule has 0 radical (unpaired) electrons. The average Bonchev–Trinajstić information content (AvgIpc) is 3.12. The van der Waals surface area contributed by atoms with Gasteiger partial charge in [-0.1, -0.05) is 36.4 Å². The van der Waals surface area contributed by atoms with Crippen LogP contribution in [0.3, 0.4) is 0 Å². The number of ether oxygens (including phenoxy) is 2. The minimum Gasteiger partial charge on any atom is -0.491 e. The number of nitro benzene ring substituents is 1. The Morgan fingerprint density at radius 1 is 1.06 bits per heavy atom. The number of benzene rings is 3. The minimum absolute atomic E-state index is 0.0944. The number of fused-ring (bicyclic) bond motifs is 1. The molecule has 4 rings (SSSR count). The van der Waals surface area contributed by atoms with Crippen LogP contribution in [0.4, 0.5) is 5.69 Å². The van der Waals surface area contributed by atoms with E-state index in [4.69, 9.17) is 9.47 Å². The van der Waals surface area contributed by atoms with Gasteiger partial charge in [0.15, 0.2) is 0 Å². The molecule has 0 aliphatic carbocycles. The lowest BCUT2D eigenvalue weighted by Crippen LogP contribution is -2.15. The highest BCUT2D eigenvalue weighted by Gasteiger charge is 2.15. The molecule has 0 saturated heterocycles. The van der Waals surface area contributed by atoms with Crippen LogP contribution in [-0.2, 0) is 6.54 Å². The lowest BCUT2D eigenvalue weighted by Gasteiger charge is -2.11. The molecule has 8 heteroatoms. The van der Waals surface area contributed by atoms with Gasteiger partial charge in [-0.2, -0.15) is 5.10 Å². The highest BCUT2D eigenvalue weighted by Crippen LogP contribution is 2.25. The van der Waals surface area contributed by atoms with Crippen molar-refractivity contribution in [1.82, 2.24) is 9.78 Å².